The molecule has 0 aliphatic heterocycles. The Kier molecular flexibility index (Phi) is 4.89. The Hall–Kier alpha value is -2.69. The maximum atomic E-state index is 12.9. The van der Waals surface area contributed by atoms with Crippen LogP contribution in [0.1, 0.15) is 35.2 Å². The van der Waals surface area contributed by atoms with Gasteiger partial charge in [0.15, 0.2) is 0 Å². The van der Waals surface area contributed by atoms with E-state index in [1.807, 2.05) is 35.2 Å². The molecule has 0 saturated heterocycles. The molecule has 24 heavy (non-hydrogen) atoms. The van der Waals surface area contributed by atoms with Crippen LogP contribution in [0.5, 0.6) is 0 Å². The summed E-state index contributed by atoms with van der Waals surface area (Å²) in [5.74, 6) is 0.497. The second kappa shape index (κ2) is 7.25. The third kappa shape index (κ3) is 3.79. The van der Waals surface area contributed by atoms with Gasteiger partial charge in [-0.05, 0) is 36.5 Å². The fraction of sp³-hybridized carbons (Fsp3) is 0.316. The minimum absolute atomic E-state index is 0.000141. The van der Waals surface area contributed by atoms with Gasteiger partial charge in [0, 0.05) is 30.8 Å². The highest BCUT2D eigenvalue weighted by Gasteiger charge is 2.24. The lowest BCUT2D eigenvalue weighted by molar-refractivity contribution is -0.384. The van der Waals surface area contributed by atoms with Crippen LogP contribution in [0.2, 0.25) is 0 Å². The van der Waals surface area contributed by atoms with Gasteiger partial charge in [0.25, 0.3) is 11.6 Å². The number of carbonyl (C=O) groups excluding carboxylic acids is 1. The summed E-state index contributed by atoms with van der Waals surface area (Å²) in [6, 6.07) is 15.8. The Morgan fingerprint density at radius 1 is 1.08 bits per heavy atom. The highest BCUT2D eigenvalue weighted by atomic mass is 16.6. The molecule has 2 aromatic carbocycles. The van der Waals surface area contributed by atoms with E-state index in [1.54, 1.807) is 12.1 Å². The molecule has 0 spiro atoms. The smallest absolute Gasteiger partial charge is 0.269 e. The van der Waals surface area contributed by atoms with Gasteiger partial charge < -0.3 is 4.90 Å². The van der Waals surface area contributed by atoms with Crippen molar-refractivity contribution < 1.29 is 9.72 Å². The van der Waals surface area contributed by atoms with E-state index in [9.17, 15) is 14.9 Å². The molecule has 5 heteroatoms. The van der Waals surface area contributed by atoms with Crippen molar-refractivity contribution in [3.63, 3.8) is 0 Å². The van der Waals surface area contributed by atoms with Gasteiger partial charge in [0.2, 0.25) is 0 Å². The molecule has 3 rings (SSSR count). The van der Waals surface area contributed by atoms with Gasteiger partial charge in [-0.15, -0.1) is 0 Å². The van der Waals surface area contributed by atoms with Crippen molar-refractivity contribution in [2.45, 2.75) is 25.8 Å². The van der Waals surface area contributed by atoms with E-state index in [0.717, 1.165) is 12.1 Å². The first-order valence-electron chi connectivity index (χ1n) is 8.21. The molecule has 1 fully saturated rings. The average Bonchev–Trinajstić information content (AvgIpc) is 2.57. The summed E-state index contributed by atoms with van der Waals surface area (Å²) in [6.07, 6.45) is 3.56. The molecule has 0 atom stereocenters. The van der Waals surface area contributed by atoms with E-state index in [1.165, 1.54) is 31.4 Å². The van der Waals surface area contributed by atoms with Crippen LogP contribution in [0.15, 0.2) is 54.6 Å². The lowest BCUT2D eigenvalue weighted by atomic mass is 9.85. The van der Waals surface area contributed by atoms with Gasteiger partial charge in [0.1, 0.15) is 0 Å². The molecule has 1 aliphatic rings. The molecule has 1 amide bonds. The minimum Gasteiger partial charge on any atom is -0.334 e. The number of non-ortho nitro benzene ring substituents is 1. The van der Waals surface area contributed by atoms with Gasteiger partial charge in [-0.3, -0.25) is 14.9 Å². The number of amides is 1. The number of nitro groups is 1. The Balaban J connectivity index is 1.77. The van der Waals surface area contributed by atoms with Crippen molar-refractivity contribution in [3.05, 3.63) is 75.8 Å². The van der Waals surface area contributed by atoms with Crippen LogP contribution >= 0.6 is 0 Å². The first kappa shape index (κ1) is 16.2. The second-order valence-corrected chi connectivity index (χ2v) is 6.27. The van der Waals surface area contributed by atoms with Gasteiger partial charge in [-0.25, -0.2) is 0 Å². The topological polar surface area (TPSA) is 63.4 Å². The quantitative estimate of drug-likeness (QED) is 0.595. The maximum Gasteiger partial charge on any atom is 0.269 e. The summed E-state index contributed by atoms with van der Waals surface area (Å²) in [5.41, 5.74) is 1.59. The molecule has 5 nitrogen and oxygen atoms in total. The summed E-state index contributed by atoms with van der Waals surface area (Å²) >= 11 is 0. The Morgan fingerprint density at radius 3 is 2.29 bits per heavy atom. The summed E-state index contributed by atoms with van der Waals surface area (Å²) in [4.78, 5) is 25.0. The monoisotopic (exact) mass is 324 g/mol. The molecule has 2 aromatic rings. The van der Waals surface area contributed by atoms with Crippen LogP contribution in [-0.2, 0) is 6.54 Å². The fourth-order valence-corrected chi connectivity index (χ4v) is 2.92. The van der Waals surface area contributed by atoms with Crippen molar-refractivity contribution in [1.29, 1.82) is 0 Å². The summed E-state index contributed by atoms with van der Waals surface area (Å²) in [6.45, 7) is 1.30. The highest BCUT2D eigenvalue weighted by molar-refractivity contribution is 5.94. The minimum atomic E-state index is -0.454. The molecule has 0 unspecified atom stereocenters. The zero-order valence-corrected chi connectivity index (χ0v) is 13.4. The van der Waals surface area contributed by atoms with Crippen molar-refractivity contribution in [3.8, 4) is 0 Å². The third-order valence-electron chi connectivity index (χ3n) is 4.53. The zero-order valence-electron chi connectivity index (χ0n) is 13.4. The van der Waals surface area contributed by atoms with Crippen molar-refractivity contribution in [2.75, 3.05) is 6.54 Å². The molecule has 0 N–H and O–H groups in total. The SMILES string of the molecule is O=C(c1ccc([N+](=O)[O-])cc1)N(Cc1ccccc1)CC1CCC1. The van der Waals surface area contributed by atoms with Gasteiger partial charge >= 0.3 is 0 Å². The van der Waals surface area contributed by atoms with Crippen LogP contribution in [-0.4, -0.2) is 22.3 Å². The van der Waals surface area contributed by atoms with Crippen molar-refractivity contribution >= 4 is 11.6 Å². The van der Waals surface area contributed by atoms with E-state index in [0.29, 0.717) is 18.0 Å². The standard InChI is InChI=1S/C19H20N2O3/c22-19(17-9-11-18(12-10-17)21(23)24)20(14-16-7-4-8-16)13-15-5-2-1-3-6-15/h1-3,5-6,9-12,16H,4,7-8,13-14H2. The lowest BCUT2D eigenvalue weighted by Gasteiger charge is -2.32. The fourth-order valence-electron chi connectivity index (χ4n) is 2.92. The van der Waals surface area contributed by atoms with Crippen LogP contribution in [0.4, 0.5) is 5.69 Å². The van der Waals surface area contributed by atoms with Crippen LogP contribution in [0.3, 0.4) is 0 Å². The molecule has 1 aliphatic carbocycles. The van der Waals surface area contributed by atoms with Crippen LogP contribution in [0.25, 0.3) is 0 Å². The number of carbonyl (C=O) groups is 1. The van der Waals surface area contributed by atoms with Crippen LogP contribution < -0.4 is 0 Å². The Labute approximate surface area is 141 Å². The predicted octanol–water partition coefficient (Wildman–Crippen LogP) is 4.04. The number of rotatable bonds is 6. The second-order valence-electron chi connectivity index (χ2n) is 6.27. The Bertz CT molecular complexity index is 709. The molecule has 0 aromatic heterocycles. The highest BCUT2D eigenvalue weighted by Crippen LogP contribution is 2.28. The molecule has 0 heterocycles. The lowest BCUT2D eigenvalue weighted by Crippen LogP contribution is -2.37. The van der Waals surface area contributed by atoms with Gasteiger partial charge in [-0.1, -0.05) is 36.8 Å². The number of benzene rings is 2. The molecular weight excluding hydrogens is 304 g/mol. The van der Waals surface area contributed by atoms with Crippen molar-refractivity contribution in [2.24, 2.45) is 5.92 Å². The van der Waals surface area contributed by atoms with Gasteiger partial charge in [-0.2, -0.15) is 0 Å². The largest absolute Gasteiger partial charge is 0.334 e. The van der Waals surface area contributed by atoms with Crippen LogP contribution in [0, 0.1) is 16.0 Å². The van der Waals surface area contributed by atoms with E-state index >= 15 is 0 Å². The maximum absolute atomic E-state index is 12.9. The predicted molar refractivity (Wildman–Crippen MR) is 91.6 cm³/mol. The number of nitro benzene ring substituents is 1. The normalized spacial score (nSPS) is 14.0. The van der Waals surface area contributed by atoms with Gasteiger partial charge in [0.05, 0.1) is 4.92 Å². The molecular formula is C19H20N2O3. The number of nitrogens with zero attached hydrogens (tertiary/aromatic N) is 2. The zero-order chi connectivity index (χ0) is 16.9. The first-order chi connectivity index (χ1) is 11.6. The molecule has 124 valence electrons. The molecule has 1 saturated carbocycles. The third-order valence-corrected chi connectivity index (χ3v) is 4.53. The van der Waals surface area contributed by atoms with Crippen molar-refractivity contribution in [1.82, 2.24) is 4.90 Å². The van der Waals surface area contributed by atoms with E-state index < -0.39 is 4.92 Å². The Morgan fingerprint density at radius 2 is 1.75 bits per heavy atom. The number of hydrogen-bond acceptors (Lipinski definition) is 3. The molecule has 0 radical (unpaired) electrons. The summed E-state index contributed by atoms with van der Waals surface area (Å²) in [7, 11) is 0. The van der Waals surface area contributed by atoms with E-state index in [2.05, 4.69) is 0 Å². The van der Waals surface area contributed by atoms with E-state index in [-0.39, 0.29) is 11.6 Å². The molecule has 0 bridgehead atoms. The average molecular weight is 324 g/mol. The first-order valence-corrected chi connectivity index (χ1v) is 8.21. The summed E-state index contributed by atoms with van der Waals surface area (Å²) < 4.78 is 0. The number of hydrogen-bond donors (Lipinski definition) is 0. The van der Waals surface area contributed by atoms with E-state index in [4.69, 9.17) is 0 Å². The summed E-state index contributed by atoms with van der Waals surface area (Å²) in [5, 5.41) is 10.8.